The number of nitrogens with one attached hydrogen (secondary N) is 1. The third-order valence-electron chi connectivity index (χ3n) is 3.61. The summed E-state index contributed by atoms with van der Waals surface area (Å²) in [6, 6.07) is 0. The Hall–Kier alpha value is -0.0400. The van der Waals surface area contributed by atoms with E-state index in [9.17, 15) is 0 Å². The fourth-order valence-corrected chi connectivity index (χ4v) is 1.85. The first kappa shape index (κ1) is 16.0. The summed E-state index contributed by atoms with van der Waals surface area (Å²) in [4.78, 5) is 0. The first-order valence-electron chi connectivity index (χ1n) is 7.39. The van der Waals surface area contributed by atoms with Crippen molar-refractivity contribution in [3.05, 3.63) is 0 Å². The van der Waals surface area contributed by atoms with Crippen molar-refractivity contribution in [1.82, 2.24) is 5.32 Å². The lowest BCUT2D eigenvalue weighted by Crippen LogP contribution is -2.17. The minimum Gasteiger partial charge on any atom is -0.317 e. The highest BCUT2D eigenvalue weighted by Crippen LogP contribution is 2.16. The minimum absolute atomic E-state index is 0.849. The molecule has 0 bridgehead atoms. The smallest absolute Gasteiger partial charge is 0.00489 e. The van der Waals surface area contributed by atoms with E-state index in [4.69, 9.17) is 0 Å². The highest BCUT2D eigenvalue weighted by molar-refractivity contribution is 4.58. The third-order valence-corrected chi connectivity index (χ3v) is 3.61. The van der Waals surface area contributed by atoms with E-state index in [1.54, 1.807) is 0 Å². The predicted octanol–water partition coefficient (Wildman–Crippen LogP) is 4.62. The molecular weight excluding hydrogens is 194 g/mol. The highest BCUT2D eigenvalue weighted by Gasteiger charge is 2.05. The van der Waals surface area contributed by atoms with Crippen molar-refractivity contribution in [2.24, 2.45) is 11.8 Å². The number of rotatable bonds is 11. The van der Waals surface area contributed by atoms with E-state index >= 15 is 0 Å². The maximum Gasteiger partial charge on any atom is -0.00489 e. The van der Waals surface area contributed by atoms with Gasteiger partial charge in [-0.1, -0.05) is 59.8 Å². The van der Waals surface area contributed by atoms with Gasteiger partial charge in [0.05, 0.1) is 0 Å². The molecule has 1 atom stereocenters. The van der Waals surface area contributed by atoms with Gasteiger partial charge in [0.2, 0.25) is 0 Å². The summed E-state index contributed by atoms with van der Waals surface area (Å²) in [6.07, 6.45) is 9.63. The maximum atomic E-state index is 3.55. The lowest BCUT2D eigenvalue weighted by atomic mass is 9.93. The summed E-state index contributed by atoms with van der Waals surface area (Å²) >= 11 is 0. The summed E-state index contributed by atoms with van der Waals surface area (Å²) in [7, 11) is 0. The second-order valence-corrected chi connectivity index (χ2v) is 5.53. The molecule has 0 unspecified atom stereocenters. The maximum absolute atomic E-state index is 3.55. The van der Waals surface area contributed by atoms with Crippen LogP contribution < -0.4 is 5.32 Å². The van der Waals surface area contributed by atoms with Gasteiger partial charge in [-0.15, -0.1) is 0 Å². The van der Waals surface area contributed by atoms with E-state index in [-0.39, 0.29) is 0 Å². The van der Waals surface area contributed by atoms with E-state index < -0.39 is 0 Å². The van der Waals surface area contributed by atoms with Crippen molar-refractivity contribution < 1.29 is 0 Å². The van der Waals surface area contributed by atoms with Crippen molar-refractivity contribution in [2.45, 2.75) is 72.6 Å². The molecule has 1 nitrogen and oxygen atoms in total. The van der Waals surface area contributed by atoms with Crippen molar-refractivity contribution in [3.8, 4) is 0 Å². The number of unbranched alkanes of at least 4 members (excludes halogenated alkanes) is 4. The Labute approximate surface area is 103 Å². The van der Waals surface area contributed by atoms with Crippen LogP contribution in [0, 0.1) is 11.8 Å². The summed E-state index contributed by atoms with van der Waals surface area (Å²) in [5.41, 5.74) is 0. The summed E-state index contributed by atoms with van der Waals surface area (Å²) in [6.45, 7) is 11.7. The van der Waals surface area contributed by atoms with Gasteiger partial charge in [-0.25, -0.2) is 0 Å². The zero-order valence-corrected chi connectivity index (χ0v) is 12.0. The second-order valence-electron chi connectivity index (χ2n) is 5.53. The molecule has 0 fully saturated rings. The second kappa shape index (κ2) is 11.4. The Kier molecular flexibility index (Phi) is 11.4. The van der Waals surface area contributed by atoms with E-state index in [2.05, 4.69) is 33.0 Å². The molecule has 0 aromatic carbocycles. The van der Waals surface area contributed by atoms with Crippen LogP contribution >= 0.6 is 0 Å². The van der Waals surface area contributed by atoms with Crippen LogP contribution in [0.1, 0.15) is 72.6 Å². The van der Waals surface area contributed by atoms with Crippen molar-refractivity contribution in [1.29, 1.82) is 0 Å². The molecule has 0 aliphatic heterocycles. The zero-order valence-electron chi connectivity index (χ0n) is 12.0. The standard InChI is InChI=1S/C15H33N/c1-5-6-7-9-12-16-13-10-8-11-15(4)14(2)3/h14-16H,5-13H2,1-4H3/t15-/m1/s1. The van der Waals surface area contributed by atoms with Gasteiger partial charge in [0.25, 0.3) is 0 Å². The Morgan fingerprint density at radius 1 is 0.812 bits per heavy atom. The van der Waals surface area contributed by atoms with Gasteiger partial charge in [0.1, 0.15) is 0 Å². The monoisotopic (exact) mass is 227 g/mol. The van der Waals surface area contributed by atoms with Crippen LogP contribution in [0.25, 0.3) is 0 Å². The van der Waals surface area contributed by atoms with Crippen LogP contribution in [0.2, 0.25) is 0 Å². The van der Waals surface area contributed by atoms with Crippen LogP contribution in [-0.2, 0) is 0 Å². The molecule has 0 aromatic heterocycles. The predicted molar refractivity (Wildman–Crippen MR) is 74.9 cm³/mol. The Morgan fingerprint density at radius 2 is 1.44 bits per heavy atom. The Bertz CT molecular complexity index is 131. The fraction of sp³-hybridized carbons (Fsp3) is 1.00. The summed E-state index contributed by atoms with van der Waals surface area (Å²) in [5, 5.41) is 3.55. The lowest BCUT2D eigenvalue weighted by Gasteiger charge is -2.14. The van der Waals surface area contributed by atoms with Crippen LogP contribution in [-0.4, -0.2) is 13.1 Å². The quantitative estimate of drug-likeness (QED) is 0.508. The molecule has 0 saturated carbocycles. The largest absolute Gasteiger partial charge is 0.317 e. The van der Waals surface area contributed by atoms with Crippen LogP contribution in [0.4, 0.5) is 0 Å². The molecule has 0 spiro atoms. The highest BCUT2D eigenvalue weighted by atomic mass is 14.8. The molecule has 1 N–H and O–H groups in total. The van der Waals surface area contributed by atoms with Crippen LogP contribution in [0.3, 0.4) is 0 Å². The molecule has 1 heteroatoms. The molecule has 0 radical (unpaired) electrons. The Balaban J connectivity index is 3.04. The van der Waals surface area contributed by atoms with Gasteiger partial charge < -0.3 is 5.32 Å². The molecular formula is C15H33N. The number of hydrogen-bond donors (Lipinski definition) is 1. The fourth-order valence-electron chi connectivity index (χ4n) is 1.85. The van der Waals surface area contributed by atoms with Gasteiger partial charge in [-0.05, 0) is 37.8 Å². The average Bonchev–Trinajstić information content (AvgIpc) is 2.26. The molecule has 16 heavy (non-hydrogen) atoms. The van der Waals surface area contributed by atoms with Gasteiger partial charge >= 0.3 is 0 Å². The van der Waals surface area contributed by atoms with Gasteiger partial charge in [-0.2, -0.15) is 0 Å². The molecule has 0 heterocycles. The van der Waals surface area contributed by atoms with Crippen LogP contribution in [0.5, 0.6) is 0 Å². The minimum atomic E-state index is 0.849. The molecule has 0 aliphatic rings. The van der Waals surface area contributed by atoms with E-state index in [1.807, 2.05) is 0 Å². The van der Waals surface area contributed by atoms with Crippen molar-refractivity contribution in [3.63, 3.8) is 0 Å². The molecule has 0 amide bonds. The van der Waals surface area contributed by atoms with E-state index in [0.29, 0.717) is 0 Å². The first-order valence-corrected chi connectivity index (χ1v) is 7.39. The van der Waals surface area contributed by atoms with E-state index in [1.165, 1.54) is 58.0 Å². The van der Waals surface area contributed by atoms with Crippen molar-refractivity contribution >= 4 is 0 Å². The average molecular weight is 227 g/mol. The molecule has 0 saturated heterocycles. The molecule has 0 aliphatic carbocycles. The first-order chi connectivity index (χ1) is 7.68. The van der Waals surface area contributed by atoms with Gasteiger partial charge in [-0.3, -0.25) is 0 Å². The summed E-state index contributed by atoms with van der Waals surface area (Å²) < 4.78 is 0. The van der Waals surface area contributed by atoms with Crippen molar-refractivity contribution in [2.75, 3.05) is 13.1 Å². The zero-order chi connectivity index (χ0) is 12.2. The third kappa shape index (κ3) is 10.5. The summed E-state index contributed by atoms with van der Waals surface area (Å²) in [5.74, 6) is 1.74. The molecule has 0 rings (SSSR count). The van der Waals surface area contributed by atoms with Gasteiger partial charge in [0.15, 0.2) is 0 Å². The molecule has 0 aromatic rings. The lowest BCUT2D eigenvalue weighted by molar-refractivity contribution is 0.376. The number of hydrogen-bond acceptors (Lipinski definition) is 1. The normalized spacial score (nSPS) is 13.3. The van der Waals surface area contributed by atoms with Crippen LogP contribution in [0.15, 0.2) is 0 Å². The van der Waals surface area contributed by atoms with E-state index in [0.717, 1.165) is 11.8 Å². The SMILES string of the molecule is CCCCCCNCCCC[C@@H](C)C(C)C. The topological polar surface area (TPSA) is 12.0 Å². The Morgan fingerprint density at radius 3 is 2.00 bits per heavy atom. The van der Waals surface area contributed by atoms with Gasteiger partial charge in [0, 0.05) is 0 Å². The molecule has 98 valence electrons.